The molecule has 0 saturated carbocycles. The molecule has 1 N–H and O–H groups in total. The van der Waals surface area contributed by atoms with Gasteiger partial charge < -0.3 is 19.0 Å². The summed E-state index contributed by atoms with van der Waals surface area (Å²) in [6.45, 7) is 0.115. The second-order valence-corrected chi connectivity index (χ2v) is 6.26. The fourth-order valence-corrected chi connectivity index (χ4v) is 3.19. The van der Waals surface area contributed by atoms with Gasteiger partial charge in [0.1, 0.15) is 17.1 Å². The Bertz CT molecular complexity index is 1250. The molecule has 142 valence electrons. The largest absolute Gasteiger partial charge is 0.495 e. The average Bonchev–Trinajstić information content (AvgIpc) is 3.18. The van der Waals surface area contributed by atoms with E-state index in [1.165, 1.54) is 36.2 Å². The van der Waals surface area contributed by atoms with Crippen molar-refractivity contribution in [3.63, 3.8) is 0 Å². The molecule has 0 unspecified atom stereocenters. The first-order chi connectivity index (χ1) is 13.6. The summed E-state index contributed by atoms with van der Waals surface area (Å²) < 4.78 is 22.0. The van der Waals surface area contributed by atoms with E-state index in [-0.39, 0.29) is 24.4 Å². The molecule has 0 aliphatic carbocycles. The molecule has 3 aromatic heterocycles. The molecular formula is C20H17FN4O3. The Kier molecular flexibility index (Phi) is 4.52. The van der Waals surface area contributed by atoms with Crippen LogP contribution >= 0.6 is 0 Å². The zero-order valence-electron chi connectivity index (χ0n) is 15.1. The summed E-state index contributed by atoms with van der Waals surface area (Å²) in [6.07, 6.45) is 4.83. The summed E-state index contributed by atoms with van der Waals surface area (Å²) >= 11 is 0. The summed E-state index contributed by atoms with van der Waals surface area (Å²) in [7, 11) is 1.51. The van der Waals surface area contributed by atoms with E-state index >= 15 is 0 Å². The normalized spacial score (nSPS) is 11.1. The summed E-state index contributed by atoms with van der Waals surface area (Å²) in [5.41, 5.74) is 1.81. The monoisotopic (exact) mass is 380 g/mol. The van der Waals surface area contributed by atoms with E-state index in [1.54, 1.807) is 34.9 Å². The Labute approximate surface area is 159 Å². The van der Waals surface area contributed by atoms with Gasteiger partial charge in [-0.3, -0.25) is 14.6 Å². The Morgan fingerprint density at radius 3 is 2.86 bits per heavy atom. The SMILES string of the molecule is COc1cncc(NC(=O)CCn2c(=O)c3cccn3c3ccc(F)cc32)c1. The number of aryl methyl sites for hydroxylation is 1. The van der Waals surface area contributed by atoms with E-state index in [0.29, 0.717) is 28.0 Å². The van der Waals surface area contributed by atoms with Gasteiger partial charge in [0.15, 0.2) is 0 Å². The zero-order valence-corrected chi connectivity index (χ0v) is 15.1. The Hall–Kier alpha value is -3.68. The number of methoxy groups -OCH3 is 1. The first kappa shape index (κ1) is 17.7. The number of pyridine rings is 1. The lowest BCUT2D eigenvalue weighted by molar-refractivity contribution is -0.116. The van der Waals surface area contributed by atoms with Crippen LogP contribution < -0.4 is 15.6 Å². The predicted molar refractivity (Wildman–Crippen MR) is 103 cm³/mol. The number of carbonyl (C=O) groups excluding carboxylic acids is 1. The van der Waals surface area contributed by atoms with Gasteiger partial charge in [-0.25, -0.2) is 4.39 Å². The molecule has 1 aromatic carbocycles. The minimum absolute atomic E-state index is 0.0413. The van der Waals surface area contributed by atoms with Gasteiger partial charge in [-0.05, 0) is 30.3 Å². The molecule has 0 atom stereocenters. The molecule has 28 heavy (non-hydrogen) atoms. The number of halogens is 1. The highest BCUT2D eigenvalue weighted by Gasteiger charge is 2.13. The number of ether oxygens (including phenoxy) is 1. The highest BCUT2D eigenvalue weighted by molar-refractivity contribution is 5.90. The molecule has 0 spiro atoms. The Balaban J connectivity index is 1.63. The van der Waals surface area contributed by atoms with E-state index < -0.39 is 5.82 Å². The minimum atomic E-state index is -0.445. The molecule has 0 aliphatic rings. The molecule has 7 nitrogen and oxygen atoms in total. The van der Waals surface area contributed by atoms with Crippen LogP contribution in [0.3, 0.4) is 0 Å². The molecular weight excluding hydrogens is 363 g/mol. The third-order valence-electron chi connectivity index (χ3n) is 4.50. The van der Waals surface area contributed by atoms with E-state index in [0.717, 1.165) is 0 Å². The van der Waals surface area contributed by atoms with Crippen LogP contribution in [-0.4, -0.2) is 27.0 Å². The van der Waals surface area contributed by atoms with Gasteiger partial charge in [-0.2, -0.15) is 0 Å². The molecule has 1 amide bonds. The van der Waals surface area contributed by atoms with E-state index in [1.807, 2.05) is 0 Å². The van der Waals surface area contributed by atoms with Crippen molar-refractivity contribution in [1.29, 1.82) is 0 Å². The number of amides is 1. The van der Waals surface area contributed by atoms with Crippen LogP contribution in [0, 0.1) is 5.82 Å². The number of aromatic nitrogens is 3. The van der Waals surface area contributed by atoms with Crippen LogP contribution in [0.2, 0.25) is 0 Å². The third-order valence-corrected chi connectivity index (χ3v) is 4.50. The van der Waals surface area contributed by atoms with E-state index in [9.17, 15) is 14.0 Å². The number of anilines is 1. The Morgan fingerprint density at radius 2 is 2.04 bits per heavy atom. The second kappa shape index (κ2) is 7.15. The molecule has 0 aliphatic heterocycles. The van der Waals surface area contributed by atoms with Gasteiger partial charge in [0.25, 0.3) is 5.56 Å². The molecule has 3 heterocycles. The molecule has 0 fully saturated rings. The molecule has 4 rings (SSSR count). The van der Waals surface area contributed by atoms with Crippen molar-refractivity contribution in [2.45, 2.75) is 13.0 Å². The number of nitrogens with one attached hydrogen (secondary N) is 1. The summed E-state index contributed by atoms with van der Waals surface area (Å²) in [6, 6.07) is 9.37. The number of rotatable bonds is 5. The van der Waals surface area contributed by atoms with Crippen molar-refractivity contribution in [3.05, 3.63) is 71.2 Å². The number of carbonyl (C=O) groups is 1. The fourth-order valence-electron chi connectivity index (χ4n) is 3.19. The standard InChI is InChI=1S/C20H17FN4O3/c1-28-15-10-14(11-22-12-15)23-19(26)6-8-25-18-9-13(21)4-5-16(18)24-7-2-3-17(24)20(25)27/h2-5,7,9-12H,6,8H2,1H3,(H,23,26). The highest BCUT2D eigenvalue weighted by atomic mass is 19.1. The van der Waals surface area contributed by atoms with Gasteiger partial charge in [0, 0.05) is 25.2 Å². The summed E-state index contributed by atoms with van der Waals surface area (Å²) in [5.74, 6) is -0.213. The van der Waals surface area contributed by atoms with Crippen molar-refractivity contribution in [2.75, 3.05) is 12.4 Å². The van der Waals surface area contributed by atoms with Crippen LogP contribution in [0.5, 0.6) is 5.75 Å². The summed E-state index contributed by atoms with van der Waals surface area (Å²) in [4.78, 5) is 29.2. The molecule has 0 radical (unpaired) electrons. The number of fused-ring (bicyclic) bond motifs is 3. The molecule has 0 bridgehead atoms. The minimum Gasteiger partial charge on any atom is -0.495 e. The van der Waals surface area contributed by atoms with Crippen molar-refractivity contribution in [2.24, 2.45) is 0 Å². The fraction of sp³-hybridized carbons (Fsp3) is 0.150. The molecule has 0 saturated heterocycles. The van der Waals surface area contributed by atoms with Crippen molar-refractivity contribution >= 4 is 28.1 Å². The van der Waals surface area contributed by atoms with Gasteiger partial charge in [0.2, 0.25) is 5.91 Å². The lowest BCUT2D eigenvalue weighted by Crippen LogP contribution is -2.25. The van der Waals surface area contributed by atoms with Gasteiger partial charge in [-0.15, -0.1) is 0 Å². The average molecular weight is 380 g/mol. The smallest absolute Gasteiger partial charge is 0.275 e. The van der Waals surface area contributed by atoms with Crippen LogP contribution in [0.25, 0.3) is 16.6 Å². The zero-order chi connectivity index (χ0) is 19.7. The van der Waals surface area contributed by atoms with Gasteiger partial charge >= 0.3 is 0 Å². The maximum atomic E-state index is 13.8. The number of hydrogen-bond donors (Lipinski definition) is 1. The third kappa shape index (κ3) is 3.20. The van der Waals surface area contributed by atoms with Crippen molar-refractivity contribution in [3.8, 4) is 5.75 Å². The maximum Gasteiger partial charge on any atom is 0.275 e. The number of benzene rings is 1. The van der Waals surface area contributed by atoms with Crippen LogP contribution in [0.15, 0.2) is 59.8 Å². The topological polar surface area (TPSA) is 77.6 Å². The second-order valence-electron chi connectivity index (χ2n) is 6.26. The predicted octanol–water partition coefficient (Wildman–Crippen LogP) is 2.83. The van der Waals surface area contributed by atoms with Crippen LogP contribution in [-0.2, 0) is 11.3 Å². The highest BCUT2D eigenvalue weighted by Crippen LogP contribution is 2.18. The molecule has 4 aromatic rings. The van der Waals surface area contributed by atoms with Crippen LogP contribution in [0.4, 0.5) is 10.1 Å². The number of nitrogens with zero attached hydrogens (tertiary/aromatic N) is 3. The first-order valence-electron chi connectivity index (χ1n) is 8.65. The Morgan fingerprint density at radius 1 is 1.18 bits per heavy atom. The lowest BCUT2D eigenvalue weighted by atomic mass is 10.2. The van der Waals surface area contributed by atoms with Crippen LogP contribution in [0.1, 0.15) is 6.42 Å². The number of hydrogen-bond acceptors (Lipinski definition) is 4. The van der Waals surface area contributed by atoms with Crippen molar-refractivity contribution in [1.82, 2.24) is 14.0 Å². The first-order valence-corrected chi connectivity index (χ1v) is 8.65. The molecule has 8 heteroatoms. The lowest BCUT2D eigenvalue weighted by Gasteiger charge is -2.13. The van der Waals surface area contributed by atoms with Gasteiger partial charge in [0.05, 0.1) is 36.2 Å². The summed E-state index contributed by atoms with van der Waals surface area (Å²) in [5, 5.41) is 2.72. The maximum absolute atomic E-state index is 13.8. The van der Waals surface area contributed by atoms with E-state index in [2.05, 4.69) is 10.3 Å². The van der Waals surface area contributed by atoms with E-state index in [4.69, 9.17) is 4.74 Å². The quantitative estimate of drug-likeness (QED) is 0.578. The van der Waals surface area contributed by atoms with Gasteiger partial charge in [-0.1, -0.05) is 0 Å². The van der Waals surface area contributed by atoms with Crippen molar-refractivity contribution < 1.29 is 13.9 Å².